The minimum Gasteiger partial charge on any atom is -0.484 e. The second-order valence-corrected chi connectivity index (χ2v) is 6.54. The number of halogens is 3. The minimum absolute atomic E-state index is 0.102. The number of hydrogen-bond donors (Lipinski definition) is 2. The molecule has 2 rings (SSSR count). The molecule has 1 aromatic heterocycles. The lowest BCUT2D eigenvalue weighted by Crippen LogP contribution is -2.29. The van der Waals surface area contributed by atoms with Gasteiger partial charge in [0.05, 0.1) is 5.52 Å². The zero-order valence-corrected chi connectivity index (χ0v) is 17.1. The number of rotatable bonds is 10. The van der Waals surface area contributed by atoms with Crippen molar-refractivity contribution in [1.82, 2.24) is 10.3 Å². The quantitative estimate of drug-likeness (QED) is 0.384. The Kier molecular flexibility index (Phi) is 8.70. The minimum atomic E-state index is -0.699. The molecule has 1 aromatic carbocycles. The number of nitrogens with one attached hydrogen (secondary N) is 2. The molecule has 0 bridgehead atoms. The number of ether oxygens (including phenoxy) is 1. The lowest BCUT2D eigenvalue weighted by Gasteiger charge is -2.13. The van der Waals surface area contributed by atoms with Gasteiger partial charge in [-0.2, -0.15) is 0 Å². The molecule has 2 aromatic rings. The summed E-state index contributed by atoms with van der Waals surface area (Å²) in [6, 6.07) is 7.30. The first kappa shape index (κ1) is 22.5. The lowest BCUT2D eigenvalue weighted by molar-refractivity contribution is -0.124. The Labute approximate surface area is 178 Å². The van der Waals surface area contributed by atoms with Gasteiger partial charge in [0.25, 0.3) is 5.91 Å². The summed E-state index contributed by atoms with van der Waals surface area (Å²) in [6.07, 6.45) is 4.49. The molecule has 152 valence electrons. The first-order valence-corrected chi connectivity index (χ1v) is 9.43. The third-order valence-corrected chi connectivity index (χ3v) is 4.16. The molecule has 1 heterocycles. The van der Waals surface area contributed by atoms with Crippen molar-refractivity contribution in [2.75, 3.05) is 18.5 Å². The van der Waals surface area contributed by atoms with E-state index in [9.17, 15) is 9.18 Å². The van der Waals surface area contributed by atoms with Gasteiger partial charge in [-0.3, -0.25) is 9.78 Å². The fraction of sp³-hybridized carbons (Fsp3) is 0.143. The molecule has 29 heavy (non-hydrogen) atoms. The topological polar surface area (TPSA) is 63.2 Å². The zero-order valence-electron chi connectivity index (χ0n) is 15.6. The predicted molar refractivity (Wildman–Crippen MR) is 116 cm³/mol. The summed E-state index contributed by atoms with van der Waals surface area (Å²) in [5.74, 6) is -0.953. The number of benzene rings is 1. The van der Waals surface area contributed by atoms with Crippen molar-refractivity contribution in [2.45, 2.75) is 6.42 Å². The molecule has 0 aliphatic rings. The highest BCUT2D eigenvalue weighted by molar-refractivity contribution is 6.31. The number of aromatic nitrogens is 1. The van der Waals surface area contributed by atoms with Crippen LogP contribution in [0.3, 0.4) is 0 Å². The first-order chi connectivity index (χ1) is 13.9. The Balaban J connectivity index is 1.81. The second-order valence-electron chi connectivity index (χ2n) is 5.88. The van der Waals surface area contributed by atoms with Gasteiger partial charge in [-0.1, -0.05) is 36.4 Å². The molecule has 0 spiro atoms. The van der Waals surface area contributed by atoms with E-state index in [1.165, 1.54) is 6.08 Å². The predicted octanol–water partition coefficient (Wildman–Crippen LogP) is 5.46. The Morgan fingerprint density at radius 3 is 2.86 bits per heavy atom. The van der Waals surface area contributed by atoms with Crippen LogP contribution in [0.15, 0.2) is 78.6 Å². The van der Waals surface area contributed by atoms with E-state index in [2.05, 4.69) is 28.8 Å². The van der Waals surface area contributed by atoms with Gasteiger partial charge in [-0.15, -0.1) is 0 Å². The van der Waals surface area contributed by atoms with Crippen molar-refractivity contribution >= 4 is 45.7 Å². The molecular weight excluding hydrogens is 416 g/mol. The summed E-state index contributed by atoms with van der Waals surface area (Å²) in [4.78, 5) is 16.2. The Bertz CT molecular complexity index is 974. The van der Waals surface area contributed by atoms with Crippen LogP contribution in [-0.4, -0.2) is 24.0 Å². The Morgan fingerprint density at radius 2 is 2.14 bits per heavy atom. The van der Waals surface area contributed by atoms with E-state index in [1.54, 1.807) is 18.3 Å². The van der Waals surface area contributed by atoms with E-state index in [1.807, 2.05) is 12.1 Å². The van der Waals surface area contributed by atoms with E-state index in [0.717, 1.165) is 33.9 Å². The van der Waals surface area contributed by atoms with Crippen molar-refractivity contribution in [2.24, 2.45) is 0 Å². The standard InChI is InChI=1S/C21H20Cl2FN3O2/c1-3-17(11-16(24)12-22)29-13-21(28)26-8-6-14(2)27-19-7-9-25-20-10-15(23)4-5-18(19)20/h3-5,7,9-12H,1-2,6,8,13H2,(H,25,27)(H,26,28)/b16-12-,17-11+. The van der Waals surface area contributed by atoms with E-state index in [4.69, 9.17) is 27.9 Å². The number of carbonyl (C=O) groups excluding carboxylic acids is 1. The summed E-state index contributed by atoms with van der Waals surface area (Å²) in [6.45, 7) is 7.54. The highest BCUT2D eigenvalue weighted by atomic mass is 35.5. The van der Waals surface area contributed by atoms with Gasteiger partial charge >= 0.3 is 0 Å². The number of anilines is 1. The van der Waals surface area contributed by atoms with Crippen LogP contribution in [0.4, 0.5) is 10.1 Å². The van der Waals surface area contributed by atoms with Gasteiger partial charge in [0.2, 0.25) is 0 Å². The smallest absolute Gasteiger partial charge is 0.257 e. The van der Waals surface area contributed by atoms with E-state index >= 15 is 0 Å². The average Bonchev–Trinajstić information content (AvgIpc) is 2.70. The molecule has 0 aliphatic carbocycles. The largest absolute Gasteiger partial charge is 0.484 e. The van der Waals surface area contributed by atoms with Crippen molar-refractivity contribution in [3.63, 3.8) is 0 Å². The van der Waals surface area contributed by atoms with Gasteiger partial charge < -0.3 is 15.4 Å². The molecule has 5 nitrogen and oxygen atoms in total. The normalized spacial score (nSPS) is 11.8. The third-order valence-electron chi connectivity index (χ3n) is 3.72. The molecule has 1 amide bonds. The van der Waals surface area contributed by atoms with Crippen LogP contribution >= 0.6 is 23.2 Å². The number of fused-ring (bicyclic) bond motifs is 1. The van der Waals surface area contributed by atoms with Crippen LogP contribution in [0.2, 0.25) is 5.02 Å². The molecular formula is C21H20Cl2FN3O2. The molecule has 0 saturated heterocycles. The summed E-state index contributed by atoms with van der Waals surface area (Å²) >= 11 is 11.2. The van der Waals surface area contributed by atoms with Crippen molar-refractivity contribution < 1.29 is 13.9 Å². The van der Waals surface area contributed by atoms with Crippen molar-refractivity contribution in [3.8, 4) is 0 Å². The van der Waals surface area contributed by atoms with E-state index in [-0.39, 0.29) is 18.3 Å². The number of amides is 1. The Morgan fingerprint density at radius 1 is 1.34 bits per heavy atom. The van der Waals surface area contributed by atoms with Gasteiger partial charge in [0.15, 0.2) is 6.61 Å². The Hall–Kier alpha value is -2.83. The second kappa shape index (κ2) is 11.2. The number of hydrogen-bond acceptors (Lipinski definition) is 4. The van der Waals surface area contributed by atoms with Crippen LogP contribution in [0, 0.1) is 0 Å². The highest BCUT2D eigenvalue weighted by Crippen LogP contribution is 2.25. The molecule has 8 heteroatoms. The van der Waals surface area contributed by atoms with Crippen LogP contribution in [-0.2, 0) is 9.53 Å². The van der Waals surface area contributed by atoms with Crippen molar-refractivity contribution in [3.05, 3.63) is 83.6 Å². The summed E-state index contributed by atoms with van der Waals surface area (Å²) in [7, 11) is 0. The van der Waals surface area contributed by atoms with Crippen LogP contribution in [0.5, 0.6) is 0 Å². The fourth-order valence-electron chi connectivity index (χ4n) is 2.36. The fourth-order valence-corrected chi connectivity index (χ4v) is 2.59. The van der Waals surface area contributed by atoms with Gasteiger partial charge in [-0.05, 0) is 30.3 Å². The summed E-state index contributed by atoms with van der Waals surface area (Å²) in [5.41, 5.74) is 3.09. The average molecular weight is 436 g/mol. The lowest BCUT2D eigenvalue weighted by atomic mass is 10.2. The molecule has 0 fully saturated rings. The molecule has 0 unspecified atom stereocenters. The number of carbonyl (C=O) groups is 1. The van der Waals surface area contributed by atoms with Crippen molar-refractivity contribution in [1.29, 1.82) is 0 Å². The van der Waals surface area contributed by atoms with E-state index < -0.39 is 5.83 Å². The summed E-state index contributed by atoms with van der Waals surface area (Å²) in [5, 5.41) is 7.45. The summed E-state index contributed by atoms with van der Waals surface area (Å²) < 4.78 is 18.3. The third kappa shape index (κ3) is 7.25. The van der Waals surface area contributed by atoms with Crippen LogP contribution < -0.4 is 10.6 Å². The molecule has 0 aliphatic heterocycles. The zero-order chi connectivity index (χ0) is 21.2. The van der Waals surface area contributed by atoms with Crippen LogP contribution in [0.25, 0.3) is 10.9 Å². The highest BCUT2D eigenvalue weighted by Gasteiger charge is 2.06. The van der Waals surface area contributed by atoms with Gasteiger partial charge in [-0.25, -0.2) is 4.39 Å². The first-order valence-electron chi connectivity index (χ1n) is 8.61. The monoisotopic (exact) mass is 435 g/mol. The number of allylic oxidation sites excluding steroid dienone is 3. The molecule has 0 saturated carbocycles. The molecule has 2 N–H and O–H groups in total. The number of pyridine rings is 1. The maximum absolute atomic E-state index is 13.1. The number of nitrogens with zero attached hydrogens (tertiary/aromatic N) is 1. The molecule has 0 atom stereocenters. The van der Waals surface area contributed by atoms with Gasteiger partial charge in [0.1, 0.15) is 11.6 Å². The van der Waals surface area contributed by atoms with E-state index in [0.29, 0.717) is 18.0 Å². The van der Waals surface area contributed by atoms with Crippen LogP contribution in [0.1, 0.15) is 6.42 Å². The maximum atomic E-state index is 13.1. The molecule has 0 radical (unpaired) electrons. The SMILES string of the molecule is C=C/C(=C\C(F)=C\Cl)OCC(=O)NCCC(=C)Nc1ccnc2cc(Cl)ccc12. The maximum Gasteiger partial charge on any atom is 0.257 e. The van der Waals surface area contributed by atoms with Gasteiger partial charge in [0, 0.05) is 52.6 Å².